The summed E-state index contributed by atoms with van der Waals surface area (Å²) in [6.07, 6.45) is 5.64. The second kappa shape index (κ2) is 9.13. The highest BCUT2D eigenvalue weighted by Gasteiger charge is 2.12. The van der Waals surface area contributed by atoms with E-state index in [1.165, 1.54) is 0 Å². The first-order valence-electron chi connectivity index (χ1n) is 9.98. The summed E-state index contributed by atoms with van der Waals surface area (Å²) >= 11 is 0. The van der Waals surface area contributed by atoms with Crippen LogP contribution < -0.4 is 10.6 Å². The average molecular weight is 413 g/mol. The molecule has 4 rings (SSSR count). The van der Waals surface area contributed by atoms with Gasteiger partial charge in [-0.2, -0.15) is 0 Å². The topological polar surface area (TPSA) is 92.1 Å². The maximum absolute atomic E-state index is 12.5. The molecule has 0 spiro atoms. The first kappa shape index (κ1) is 20.2. The Hall–Kier alpha value is -4.13. The molecule has 0 radical (unpaired) electrons. The van der Waals surface area contributed by atoms with Gasteiger partial charge in [0.2, 0.25) is 0 Å². The van der Waals surface area contributed by atoms with Crippen molar-refractivity contribution in [1.82, 2.24) is 19.9 Å². The third-order valence-corrected chi connectivity index (χ3v) is 4.89. The number of nitrogens with zero attached hydrogens (tertiary/aromatic N) is 3. The molecule has 31 heavy (non-hydrogen) atoms. The van der Waals surface area contributed by atoms with Gasteiger partial charge in [-0.25, -0.2) is 9.97 Å². The van der Waals surface area contributed by atoms with Gasteiger partial charge in [0.1, 0.15) is 23.6 Å². The zero-order valence-electron chi connectivity index (χ0n) is 17.1. The van der Waals surface area contributed by atoms with E-state index in [4.69, 9.17) is 0 Å². The van der Waals surface area contributed by atoms with Gasteiger partial charge in [0, 0.05) is 30.7 Å². The predicted molar refractivity (Wildman–Crippen MR) is 120 cm³/mol. The summed E-state index contributed by atoms with van der Waals surface area (Å²) in [7, 11) is 0. The Labute approximate surface area is 180 Å². The lowest BCUT2D eigenvalue weighted by molar-refractivity contribution is 0.0949. The molecule has 3 N–H and O–H groups in total. The Balaban J connectivity index is 1.43. The molecule has 0 aliphatic carbocycles. The minimum atomic E-state index is -0.261. The fourth-order valence-corrected chi connectivity index (χ4v) is 3.22. The van der Waals surface area contributed by atoms with Crippen molar-refractivity contribution < 1.29 is 9.90 Å². The predicted octanol–water partition coefficient (Wildman–Crippen LogP) is 4.00. The molecule has 1 amide bonds. The number of para-hydroxylation sites is 2. The van der Waals surface area contributed by atoms with Gasteiger partial charge < -0.3 is 20.3 Å². The molecule has 4 aromatic rings. The second-order valence-corrected chi connectivity index (χ2v) is 7.15. The van der Waals surface area contributed by atoms with E-state index < -0.39 is 0 Å². The third kappa shape index (κ3) is 4.90. The molecule has 7 heteroatoms. The van der Waals surface area contributed by atoms with E-state index in [9.17, 15) is 9.90 Å². The number of aromatic hydroxyl groups is 1. The van der Waals surface area contributed by atoms with Crippen LogP contribution in [0.5, 0.6) is 5.75 Å². The van der Waals surface area contributed by atoms with Gasteiger partial charge in [-0.3, -0.25) is 4.79 Å². The number of anilines is 2. The molecule has 2 aromatic carbocycles. The number of carbonyl (C=O) groups is 1. The van der Waals surface area contributed by atoms with Crippen LogP contribution in [0.2, 0.25) is 0 Å². The van der Waals surface area contributed by atoms with Gasteiger partial charge in [0.25, 0.3) is 5.91 Å². The number of aryl methyl sites for hydroxylation is 1. The molecule has 0 aliphatic rings. The number of benzene rings is 2. The summed E-state index contributed by atoms with van der Waals surface area (Å²) in [5.41, 5.74) is 3.90. The minimum absolute atomic E-state index is 0.231. The number of aromatic nitrogens is 3. The zero-order chi connectivity index (χ0) is 21.6. The molecule has 0 aliphatic heterocycles. The Kier molecular flexibility index (Phi) is 5.93. The fraction of sp³-hybridized carbons (Fsp3) is 0.125. The van der Waals surface area contributed by atoms with Gasteiger partial charge >= 0.3 is 0 Å². The molecule has 2 aromatic heterocycles. The van der Waals surface area contributed by atoms with Crippen LogP contribution in [0.1, 0.15) is 21.6 Å². The van der Waals surface area contributed by atoms with E-state index in [-0.39, 0.29) is 11.7 Å². The first-order chi connectivity index (χ1) is 15.1. The van der Waals surface area contributed by atoms with Crippen LogP contribution in [0.4, 0.5) is 11.5 Å². The first-order valence-corrected chi connectivity index (χ1v) is 9.98. The molecule has 156 valence electrons. The van der Waals surface area contributed by atoms with Crippen molar-refractivity contribution in [3.8, 4) is 11.4 Å². The summed E-state index contributed by atoms with van der Waals surface area (Å²) < 4.78 is 1.81. The number of amides is 1. The van der Waals surface area contributed by atoms with Crippen molar-refractivity contribution in [1.29, 1.82) is 0 Å². The lowest BCUT2D eigenvalue weighted by Crippen LogP contribution is -2.26. The van der Waals surface area contributed by atoms with E-state index >= 15 is 0 Å². The molecule has 0 saturated carbocycles. The lowest BCUT2D eigenvalue weighted by Gasteiger charge is -2.10. The van der Waals surface area contributed by atoms with Gasteiger partial charge in [0.05, 0.1) is 5.69 Å². The second-order valence-electron chi connectivity index (χ2n) is 7.15. The fourth-order valence-electron chi connectivity index (χ4n) is 3.22. The van der Waals surface area contributed by atoms with Crippen LogP contribution in [0.3, 0.4) is 0 Å². The van der Waals surface area contributed by atoms with Gasteiger partial charge in [-0.05, 0) is 42.7 Å². The highest BCUT2D eigenvalue weighted by Crippen LogP contribution is 2.20. The van der Waals surface area contributed by atoms with Crippen molar-refractivity contribution in [2.45, 2.75) is 13.3 Å². The molecule has 2 heterocycles. The number of phenolic OH excluding ortho intramolecular Hbond substituents is 1. The van der Waals surface area contributed by atoms with E-state index in [0.717, 1.165) is 22.5 Å². The van der Waals surface area contributed by atoms with E-state index in [1.54, 1.807) is 30.9 Å². The molecule has 0 atom stereocenters. The average Bonchev–Trinajstić information content (AvgIpc) is 3.27. The lowest BCUT2D eigenvalue weighted by atomic mass is 10.1. The monoisotopic (exact) mass is 413 g/mol. The third-order valence-electron chi connectivity index (χ3n) is 4.89. The molecule has 7 nitrogen and oxygen atoms in total. The minimum Gasteiger partial charge on any atom is -0.508 e. The number of nitrogens with one attached hydrogen (secondary N) is 2. The Morgan fingerprint density at radius 3 is 2.65 bits per heavy atom. The van der Waals surface area contributed by atoms with Gasteiger partial charge in [-0.15, -0.1) is 0 Å². The van der Waals surface area contributed by atoms with Crippen molar-refractivity contribution in [3.05, 3.63) is 96.2 Å². The quantitative estimate of drug-likeness (QED) is 0.426. The van der Waals surface area contributed by atoms with E-state index in [0.29, 0.717) is 24.5 Å². The smallest absolute Gasteiger partial charge is 0.271 e. The zero-order valence-corrected chi connectivity index (χ0v) is 17.1. The summed E-state index contributed by atoms with van der Waals surface area (Å²) in [4.78, 5) is 21.2. The van der Waals surface area contributed by atoms with Gasteiger partial charge in [0.15, 0.2) is 0 Å². The van der Waals surface area contributed by atoms with Gasteiger partial charge in [-0.1, -0.05) is 36.4 Å². The Morgan fingerprint density at radius 1 is 1.06 bits per heavy atom. The highest BCUT2D eigenvalue weighted by atomic mass is 16.3. The van der Waals surface area contributed by atoms with Crippen LogP contribution >= 0.6 is 0 Å². The van der Waals surface area contributed by atoms with E-state index in [2.05, 4.69) is 20.6 Å². The van der Waals surface area contributed by atoms with Crippen LogP contribution in [0.25, 0.3) is 5.69 Å². The number of rotatable bonds is 7. The standard InChI is InChI=1S/C24H23N5O2/c1-17-14-26-23(28-19-8-3-2-4-9-19)13-21(17)29-15-20(27-16-29)24(31)25-12-11-18-7-5-6-10-22(18)30/h2-10,13-16,30H,11-12H2,1H3,(H,25,31)(H,26,28). The molecule has 0 saturated heterocycles. The largest absolute Gasteiger partial charge is 0.508 e. The molecular formula is C24H23N5O2. The van der Waals surface area contributed by atoms with Crippen LogP contribution in [-0.2, 0) is 6.42 Å². The van der Waals surface area contributed by atoms with Crippen LogP contribution in [0.15, 0.2) is 79.4 Å². The highest BCUT2D eigenvalue weighted by molar-refractivity contribution is 5.92. The van der Waals surface area contributed by atoms with Crippen molar-refractivity contribution in [2.24, 2.45) is 0 Å². The molecule has 0 bridgehead atoms. The number of pyridine rings is 1. The normalized spacial score (nSPS) is 10.6. The number of phenols is 1. The SMILES string of the molecule is Cc1cnc(Nc2ccccc2)cc1-n1cnc(C(=O)NCCc2ccccc2O)c1. The van der Waals surface area contributed by atoms with Crippen LogP contribution in [0, 0.1) is 6.92 Å². The Morgan fingerprint density at radius 2 is 1.84 bits per heavy atom. The van der Waals surface area contributed by atoms with Crippen molar-refractivity contribution in [3.63, 3.8) is 0 Å². The molecule has 0 fully saturated rings. The van der Waals surface area contributed by atoms with Crippen LogP contribution in [-0.4, -0.2) is 32.1 Å². The molecule has 0 unspecified atom stereocenters. The summed E-state index contributed by atoms with van der Waals surface area (Å²) in [6, 6.07) is 18.8. The van der Waals surface area contributed by atoms with E-state index in [1.807, 2.05) is 60.0 Å². The summed E-state index contributed by atoms with van der Waals surface area (Å²) in [5, 5.41) is 15.9. The number of carbonyl (C=O) groups excluding carboxylic acids is 1. The van der Waals surface area contributed by atoms with Crippen molar-refractivity contribution >= 4 is 17.4 Å². The summed E-state index contributed by atoms with van der Waals surface area (Å²) in [5.74, 6) is 0.673. The maximum atomic E-state index is 12.5. The number of imidazole rings is 1. The van der Waals surface area contributed by atoms with Crippen molar-refractivity contribution in [2.75, 3.05) is 11.9 Å². The molecular weight excluding hydrogens is 390 g/mol. The Bertz CT molecular complexity index is 1190. The summed E-state index contributed by atoms with van der Waals surface area (Å²) in [6.45, 7) is 2.36. The number of hydrogen-bond donors (Lipinski definition) is 3. The number of hydrogen-bond acceptors (Lipinski definition) is 5. The maximum Gasteiger partial charge on any atom is 0.271 e.